The first-order chi connectivity index (χ1) is 8.63. The third kappa shape index (κ3) is 2.35. The Hall–Kier alpha value is -1.90. The van der Waals surface area contributed by atoms with Gasteiger partial charge in [-0.25, -0.2) is 4.79 Å². The maximum atomic E-state index is 11.6. The summed E-state index contributed by atoms with van der Waals surface area (Å²) in [4.78, 5) is 22.8. The number of carbonyl (C=O) groups excluding carboxylic acids is 2. The maximum absolute atomic E-state index is 11.6. The second-order valence-electron chi connectivity index (χ2n) is 4.44. The van der Waals surface area contributed by atoms with E-state index < -0.39 is 0 Å². The topological polar surface area (TPSA) is 43.4 Å². The number of methoxy groups -OCH3 is 1. The smallest absolute Gasteiger partial charge is 0.334 e. The fourth-order valence-corrected chi connectivity index (χ4v) is 2.32. The molecule has 1 aromatic carbocycles. The van der Waals surface area contributed by atoms with Crippen LogP contribution in [0.3, 0.4) is 0 Å². The largest absolute Gasteiger partial charge is 0.466 e. The molecule has 0 bridgehead atoms. The summed E-state index contributed by atoms with van der Waals surface area (Å²) in [6.07, 6.45) is 2.65. The summed E-state index contributed by atoms with van der Waals surface area (Å²) in [6.45, 7) is 1.55. The van der Waals surface area contributed by atoms with Crippen molar-refractivity contribution in [3.8, 4) is 0 Å². The zero-order chi connectivity index (χ0) is 13.1. The van der Waals surface area contributed by atoms with E-state index in [2.05, 4.69) is 0 Å². The third-order valence-electron chi connectivity index (χ3n) is 3.29. The second-order valence-corrected chi connectivity index (χ2v) is 4.44. The summed E-state index contributed by atoms with van der Waals surface area (Å²) >= 11 is 0. The number of Topliss-reactive ketones (excluding diaryl/α,β-unsaturated/α-hetero) is 1. The minimum Gasteiger partial charge on any atom is -0.466 e. The molecule has 0 unspecified atom stereocenters. The van der Waals surface area contributed by atoms with Gasteiger partial charge in [-0.15, -0.1) is 0 Å². The highest BCUT2D eigenvalue weighted by atomic mass is 16.5. The Morgan fingerprint density at radius 2 is 1.78 bits per heavy atom. The summed E-state index contributed by atoms with van der Waals surface area (Å²) < 4.78 is 4.80. The van der Waals surface area contributed by atoms with Crippen molar-refractivity contribution in [3.05, 3.63) is 41.0 Å². The van der Waals surface area contributed by atoms with Crippen molar-refractivity contribution in [1.29, 1.82) is 0 Å². The zero-order valence-corrected chi connectivity index (χ0v) is 10.7. The molecular formula is C15H16O3. The number of allylic oxidation sites excluding steroid dienone is 1. The molecule has 3 heteroatoms. The van der Waals surface area contributed by atoms with Crippen LogP contribution in [0.2, 0.25) is 0 Å². The van der Waals surface area contributed by atoms with Gasteiger partial charge in [-0.3, -0.25) is 4.79 Å². The Bertz CT molecular complexity index is 509. The summed E-state index contributed by atoms with van der Waals surface area (Å²) in [7, 11) is 1.41. The molecule has 0 heterocycles. The third-order valence-corrected chi connectivity index (χ3v) is 3.29. The van der Waals surface area contributed by atoms with E-state index in [1.807, 2.05) is 12.1 Å². The van der Waals surface area contributed by atoms with Gasteiger partial charge < -0.3 is 4.74 Å². The Morgan fingerprint density at radius 1 is 1.11 bits per heavy atom. The maximum Gasteiger partial charge on any atom is 0.334 e. The van der Waals surface area contributed by atoms with Crippen LogP contribution in [0.15, 0.2) is 29.8 Å². The first-order valence-corrected chi connectivity index (χ1v) is 6.05. The molecular weight excluding hydrogens is 228 g/mol. The lowest BCUT2D eigenvalue weighted by Crippen LogP contribution is -2.04. The van der Waals surface area contributed by atoms with E-state index in [0.29, 0.717) is 5.56 Å². The van der Waals surface area contributed by atoms with E-state index in [-0.39, 0.29) is 11.8 Å². The highest BCUT2D eigenvalue weighted by Crippen LogP contribution is 2.34. The van der Waals surface area contributed by atoms with Crippen molar-refractivity contribution < 1.29 is 14.3 Å². The van der Waals surface area contributed by atoms with Gasteiger partial charge in [0.05, 0.1) is 7.11 Å². The number of hydrogen-bond acceptors (Lipinski definition) is 3. The molecule has 0 atom stereocenters. The van der Waals surface area contributed by atoms with Gasteiger partial charge in [-0.1, -0.05) is 24.3 Å². The van der Waals surface area contributed by atoms with Gasteiger partial charge in [0, 0.05) is 11.1 Å². The van der Waals surface area contributed by atoms with Crippen LogP contribution in [0, 0.1) is 0 Å². The van der Waals surface area contributed by atoms with E-state index in [9.17, 15) is 9.59 Å². The Balaban J connectivity index is 2.35. The molecule has 1 aliphatic carbocycles. The van der Waals surface area contributed by atoms with Crippen LogP contribution in [0.25, 0.3) is 5.57 Å². The molecule has 1 aromatic rings. The molecule has 0 amide bonds. The van der Waals surface area contributed by atoms with Crippen LogP contribution >= 0.6 is 0 Å². The Labute approximate surface area is 106 Å². The van der Waals surface area contributed by atoms with Crippen molar-refractivity contribution in [2.75, 3.05) is 7.11 Å². The summed E-state index contributed by atoms with van der Waals surface area (Å²) in [6, 6.07) is 7.41. The number of ether oxygens (including phenoxy) is 1. The van der Waals surface area contributed by atoms with Gasteiger partial charge >= 0.3 is 5.97 Å². The van der Waals surface area contributed by atoms with Crippen molar-refractivity contribution >= 4 is 17.3 Å². The monoisotopic (exact) mass is 244 g/mol. The first-order valence-electron chi connectivity index (χ1n) is 6.05. The van der Waals surface area contributed by atoms with Crippen LogP contribution in [0.4, 0.5) is 0 Å². The van der Waals surface area contributed by atoms with Crippen molar-refractivity contribution in [1.82, 2.24) is 0 Å². The zero-order valence-electron chi connectivity index (χ0n) is 10.7. The molecule has 0 spiro atoms. The molecule has 94 valence electrons. The van der Waals surface area contributed by atoms with Crippen LogP contribution in [-0.2, 0) is 9.53 Å². The van der Waals surface area contributed by atoms with E-state index in [1.54, 1.807) is 19.1 Å². The number of rotatable bonds is 3. The van der Waals surface area contributed by atoms with Crippen LogP contribution < -0.4 is 0 Å². The van der Waals surface area contributed by atoms with Crippen molar-refractivity contribution in [2.45, 2.75) is 26.2 Å². The SMILES string of the molecule is COC(=O)C1=C(c2ccc(C(C)=O)cc2)CCC1. The van der Waals surface area contributed by atoms with Gasteiger partial charge in [0.2, 0.25) is 0 Å². The average Bonchev–Trinajstić information content (AvgIpc) is 2.87. The number of benzene rings is 1. The van der Waals surface area contributed by atoms with E-state index >= 15 is 0 Å². The lowest BCUT2D eigenvalue weighted by Gasteiger charge is -2.06. The van der Waals surface area contributed by atoms with Crippen LogP contribution in [-0.4, -0.2) is 18.9 Å². The van der Waals surface area contributed by atoms with Gasteiger partial charge in [-0.05, 0) is 37.3 Å². The van der Waals surface area contributed by atoms with Crippen LogP contribution in [0.1, 0.15) is 42.1 Å². The predicted molar refractivity (Wildman–Crippen MR) is 69.2 cm³/mol. The molecule has 18 heavy (non-hydrogen) atoms. The van der Waals surface area contributed by atoms with Gasteiger partial charge in [0.25, 0.3) is 0 Å². The quantitative estimate of drug-likeness (QED) is 0.606. The fourth-order valence-electron chi connectivity index (χ4n) is 2.32. The minimum atomic E-state index is -0.238. The minimum absolute atomic E-state index is 0.0511. The van der Waals surface area contributed by atoms with Crippen molar-refractivity contribution in [2.24, 2.45) is 0 Å². The average molecular weight is 244 g/mol. The fraction of sp³-hybridized carbons (Fsp3) is 0.333. The summed E-state index contributed by atoms with van der Waals surface area (Å²) in [5, 5.41) is 0. The molecule has 0 N–H and O–H groups in total. The molecule has 0 saturated carbocycles. The molecule has 0 saturated heterocycles. The summed E-state index contributed by atoms with van der Waals surface area (Å²) in [5.74, 6) is -0.187. The highest BCUT2D eigenvalue weighted by Gasteiger charge is 2.22. The van der Waals surface area contributed by atoms with E-state index in [0.717, 1.165) is 36.0 Å². The van der Waals surface area contributed by atoms with Gasteiger partial charge in [-0.2, -0.15) is 0 Å². The second kappa shape index (κ2) is 5.17. The van der Waals surface area contributed by atoms with Crippen molar-refractivity contribution in [3.63, 3.8) is 0 Å². The molecule has 0 aliphatic heterocycles. The highest BCUT2D eigenvalue weighted by molar-refractivity contribution is 5.99. The molecule has 3 nitrogen and oxygen atoms in total. The van der Waals surface area contributed by atoms with E-state index in [1.165, 1.54) is 7.11 Å². The molecule has 0 fully saturated rings. The standard InChI is InChI=1S/C15H16O3/c1-10(16)11-6-8-12(9-7-11)13-4-3-5-14(13)15(17)18-2/h6-9H,3-5H2,1-2H3. The van der Waals surface area contributed by atoms with Gasteiger partial charge in [0.15, 0.2) is 5.78 Å². The molecule has 2 rings (SSSR count). The summed E-state index contributed by atoms with van der Waals surface area (Å²) in [5.41, 5.74) is 3.53. The number of esters is 1. The normalized spacial score (nSPS) is 14.8. The first kappa shape index (κ1) is 12.6. The lowest BCUT2D eigenvalue weighted by molar-refractivity contribution is -0.136. The van der Waals surface area contributed by atoms with Gasteiger partial charge in [0.1, 0.15) is 0 Å². The van der Waals surface area contributed by atoms with E-state index in [4.69, 9.17) is 4.74 Å². The molecule has 1 aliphatic rings. The lowest BCUT2D eigenvalue weighted by atomic mass is 10.00. The Kier molecular flexibility index (Phi) is 3.60. The predicted octanol–water partition coefficient (Wildman–Crippen LogP) is 3.00. The number of hydrogen-bond donors (Lipinski definition) is 0. The molecule has 0 aromatic heterocycles. The number of ketones is 1. The Morgan fingerprint density at radius 3 is 2.33 bits per heavy atom. The number of carbonyl (C=O) groups is 2. The van der Waals surface area contributed by atoms with Crippen LogP contribution in [0.5, 0.6) is 0 Å². The molecule has 0 radical (unpaired) electrons.